The molecule has 4 rings (SSSR count). The molecule has 5 heteroatoms. The fraction of sp³-hybridized carbons (Fsp3) is 0.182. The summed E-state index contributed by atoms with van der Waals surface area (Å²) in [5.74, 6) is 0. The van der Waals surface area contributed by atoms with Gasteiger partial charge in [0.1, 0.15) is 0 Å². The van der Waals surface area contributed by atoms with Crippen molar-refractivity contribution in [2.24, 2.45) is 5.10 Å². The van der Waals surface area contributed by atoms with E-state index in [-0.39, 0.29) is 0 Å². The van der Waals surface area contributed by atoms with E-state index in [4.69, 9.17) is 0 Å². The van der Waals surface area contributed by atoms with E-state index in [2.05, 4.69) is 77.2 Å². The van der Waals surface area contributed by atoms with Gasteiger partial charge in [-0.05, 0) is 56.2 Å². The molecule has 2 heterocycles. The van der Waals surface area contributed by atoms with Crippen LogP contribution in [0, 0.1) is 13.8 Å². The van der Waals surface area contributed by atoms with Crippen molar-refractivity contribution >= 4 is 32.9 Å². The predicted octanol–water partition coefficient (Wildman–Crippen LogP) is 5.71. The van der Waals surface area contributed by atoms with E-state index in [0.29, 0.717) is 0 Å². The van der Waals surface area contributed by atoms with Gasteiger partial charge in [0.15, 0.2) is 0 Å². The largest absolute Gasteiger partial charge is 0.318 e. The molecule has 0 aliphatic rings. The zero-order valence-electron chi connectivity index (χ0n) is 15.7. The molecule has 0 bridgehead atoms. The van der Waals surface area contributed by atoms with Gasteiger partial charge in [0, 0.05) is 22.6 Å². The molecule has 4 nitrogen and oxygen atoms in total. The Morgan fingerprint density at radius 3 is 2.63 bits per heavy atom. The molecule has 1 N–H and O–H groups in total. The second-order valence-corrected chi connectivity index (χ2v) is 7.57. The van der Waals surface area contributed by atoms with Crippen LogP contribution in [0.2, 0.25) is 0 Å². The summed E-state index contributed by atoms with van der Waals surface area (Å²) >= 11 is 1.60. The molecular formula is C22H22N4S. The van der Waals surface area contributed by atoms with Gasteiger partial charge in [-0.1, -0.05) is 42.5 Å². The fourth-order valence-corrected chi connectivity index (χ4v) is 4.09. The van der Waals surface area contributed by atoms with E-state index >= 15 is 0 Å². The molecule has 0 atom stereocenters. The third kappa shape index (κ3) is 3.51. The minimum absolute atomic E-state index is 0.802. The van der Waals surface area contributed by atoms with Crippen molar-refractivity contribution in [3.05, 3.63) is 77.1 Å². The minimum Gasteiger partial charge on any atom is -0.318 e. The molecule has 4 aromatic rings. The van der Waals surface area contributed by atoms with Crippen molar-refractivity contribution in [2.45, 2.75) is 27.2 Å². The molecule has 0 saturated heterocycles. The first-order valence-corrected chi connectivity index (χ1v) is 9.90. The topological polar surface area (TPSA) is 42.2 Å². The average Bonchev–Trinajstić information content (AvgIpc) is 3.22. The molecule has 0 aliphatic heterocycles. The normalized spacial score (nSPS) is 11.5. The summed E-state index contributed by atoms with van der Waals surface area (Å²) in [5, 5.41) is 5.21. The number of fused-ring (bicyclic) bond motifs is 1. The Morgan fingerprint density at radius 1 is 1.11 bits per heavy atom. The summed E-state index contributed by atoms with van der Waals surface area (Å²) in [6.45, 7) is 6.42. The highest BCUT2D eigenvalue weighted by atomic mass is 32.1. The number of aryl methyl sites for hydroxylation is 2. The van der Waals surface area contributed by atoms with Gasteiger partial charge < -0.3 is 4.57 Å². The van der Waals surface area contributed by atoms with Crippen LogP contribution in [0.5, 0.6) is 0 Å². The SMILES string of the molecule is CCc1ccc(-n2c(C)cc(/C=N\Nc3nc4ccccc4s3)c2C)cc1. The molecule has 0 radical (unpaired) electrons. The van der Waals surface area contributed by atoms with Crippen LogP contribution in [0.4, 0.5) is 5.13 Å². The van der Waals surface area contributed by atoms with Crippen molar-refractivity contribution in [3.8, 4) is 5.69 Å². The number of hydrogen-bond donors (Lipinski definition) is 1. The smallest absolute Gasteiger partial charge is 0.204 e. The molecule has 0 saturated carbocycles. The lowest BCUT2D eigenvalue weighted by Crippen LogP contribution is -2.00. The van der Waals surface area contributed by atoms with E-state index in [1.54, 1.807) is 11.3 Å². The molecule has 2 aromatic carbocycles. The fourth-order valence-electron chi connectivity index (χ4n) is 3.27. The minimum atomic E-state index is 0.802. The summed E-state index contributed by atoms with van der Waals surface area (Å²) in [4.78, 5) is 4.54. The van der Waals surface area contributed by atoms with E-state index in [1.165, 1.54) is 22.6 Å². The first-order chi connectivity index (χ1) is 13.2. The van der Waals surface area contributed by atoms with Crippen molar-refractivity contribution in [1.82, 2.24) is 9.55 Å². The maximum atomic E-state index is 4.54. The molecule has 136 valence electrons. The number of nitrogens with one attached hydrogen (secondary N) is 1. The summed E-state index contributed by atoms with van der Waals surface area (Å²) in [5.41, 5.74) is 10.1. The number of anilines is 1. The Morgan fingerprint density at radius 2 is 1.89 bits per heavy atom. The Bertz CT molecular complexity index is 1070. The van der Waals surface area contributed by atoms with Gasteiger partial charge in [-0.2, -0.15) is 5.10 Å². The van der Waals surface area contributed by atoms with E-state index in [0.717, 1.165) is 27.3 Å². The van der Waals surface area contributed by atoms with Crippen LogP contribution in [0.3, 0.4) is 0 Å². The highest BCUT2D eigenvalue weighted by Crippen LogP contribution is 2.25. The van der Waals surface area contributed by atoms with Crippen molar-refractivity contribution in [1.29, 1.82) is 0 Å². The second kappa shape index (κ2) is 7.37. The van der Waals surface area contributed by atoms with Crippen LogP contribution < -0.4 is 5.43 Å². The lowest BCUT2D eigenvalue weighted by molar-refractivity contribution is 0.962. The maximum absolute atomic E-state index is 4.54. The molecule has 27 heavy (non-hydrogen) atoms. The second-order valence-electron chi connectivity index (χ2n) is 6.54. The van der Waals surface area contributed by atoms with Crippen molar-refractivity contribution in [2.75, 3.05) is 5.43 Å². The van der Waals surface area contributed by atoms with Crippen LogP contribution in [-0.2, 0) is 6.42 Å². The lowest BCUT2D eigenvalue weighted by Gasteiger charge is -2.10. The van der Waals surface area contributed by atoms with Gasteiger partial charge in [0.25, 0.3) is 0 Å². The average molecular weight is 375 g/mol. The maximum Gasteiger partial charge on any atom is 0.204 e. The standard InChI is InChI=1S/C22H22N4S/c1-4-17-9-11-19(12-10-17)26-15(2)13-18(16(26)3)14-23-25-22-24-20-7-5-6-8-21(20)27-22/h5-14H,4H2,1-3H3,(H,24,25)/b23-14-. The van der Waals surface area contributed by atoms with Crippen molar-refractivity contribution < 1.29 is 0 Å². The van der Waals surface area contributed by atoms with Crippen LogP contribution in [-0.4, -0.2) is 15.8 Å². The number of rotatable bonds is 5. The number of benzene rings is 2. The molecule has 0 fully saturated rings. The number of aromatic nitrogens is 2. The molecule has 0 spiro atoms. The molecule has 0 amide bonds. The number of thiazole rings is 1. The van der Waals surface area contributed by atoms with Gasteiger partial charge in [-0.15, -0.1) is 0 Å². The van der Waals surface area contributed by atoms with Gasteiger partial charge in [-0.3, -0.25) is 5.43 Å². The number of nitrogens with zero attached hydrogens (tertiary/aromatic N) is 3. The Hall–Kier alpha value is -2.92. The first-order valence-electron chi connectivity index (χ1n) is 9.08. The van der Waals surface area contributed by atoms with E-state index < -0.39 is 0 Å². The molecule has 0 unspecified atom stereocenters. The highest BCUT2D eigenvalue weighted by Gasteiger charge is 2.09. The zero-order valence-corrected chi connectivity index (χ0v) is 16.5. The van der Waals surface area contributed by atoms with E-state index in [9.17, 15) is 0 Å². The summed E-state index contributed by atoms with van der Waals surface area (Å²) in [6.07, 6.45) is 2.92. The Kier molecular flexibility index (Phi) is 4.77. The van der Waals surface area contributed by atoms with Crippen LogP contribution in [0.1, 0.15) is 29.4 Å². The number of hydrogen-bond acceptors (Lipinski definition) is 4. The molecule has 0 aliphatic carbocycles. The van der Waals surface area contributed by atoms with Crippen LogP contribution in [0.25, 0.3) is 15.9 Å². The number of hydrazone groups is 1. The van der Waals surface area contributed by atoms with E-state index in [1.807, 2.05) is 24.4 Å². The summed E-state index contributed by atoms with van der Waals surface area (Å²) in [7, 11) is 0. The Labute approximate surface area is 163 Å². The zero-order chi connectivity index (χ0) is 18.8. The lowest BCUT2D eigenvalue weighted by atomic mass is 10.1. The van der Waals surface area contributed by atoms with Gasteiger partial charge in [-0.25, -0.2) is 4.98 Å². The van der Waals surface area contributed by atoms with Gasteiger partial charge in [0.2, 0.25) is 5.13 Å². The Balaban J connectivity index is 1.56. The van der Waals surface area contributed by atoms with Crippen molar-refractivity contribution in [3.63, 3.8) is 0 Å². The summed E-state index contributed by atoms with van der Waals surface area (Å²) < 4.78 is 3.42. The van der Waals surface area contributed by atoms with Crippen LogP contribution >= 0.6 is 11.3 Å². The van der Waals surface area contributed by atoms with Gasteiger partial charge in [0.05, 0.1) is 16.4 Å². The molecule has 2 aromatic heterocycles. The number of para-hydroxylation sites is 1. The predicted molar refractivity (Wildman–Crippen MR) is 115 cm³/mol. The van der Waals surface area contributed by atoms with Gasteiger partial charge >= 0.3 is 0 Å². The highest BCUT2D eigenvalue weighted by molar-refractivity contribution is 7.22. The summed E-state index contributed by atoms with van der Waals surface area (Å²) in [6, 6.07) is 19.0. The third-order valence-corrected chi connectivity index (χ3v) is 5.67. The monoisotopic (exact) mass is 374 g/mol. The third-order valence-electron chi connectivity index (χ3n) is 4.73. The quantitative estimate of drug-likeness (QED) is 0.359. The molecular weight excluding hydrogens is 352 g/mol. The first kappa shape index (κ1) is 17.5. The van der Waals surface area contributed by atoms with Crippen LogP contribution in [0.15, 0.2) is 59.7 Å².